The summed E-state index contributed by atoms with van der Waals surface area (Å²) in [6.07, 6.45) is 2.51. The lowest BCUT2D eigenvalue weighted by molar-refractivity contribution is -0.131. The molecule has 1 unspecified atom stereocenters. The molecular weight excluding hydrogens is 440 g/mol. The summed E-state index contributed by atoms with van der Waals surface area (Å²) in [6, 6.07) is 20.6. The molecule has 2 N–H and O–H groups in total. The summed E-state index contributed by atoms with van der Waals surface area (Å²) >= 11 is 6.47. The van der Waals surface area contributed by atoms with E-state index in [4.69, 9.17) is 21.1 Å². The number of ether oxygens (including phenoxy) is 2. The van der Waals surface area contributed by atoms with Crippen molar-refractivity contribution < 1.29 is 19.1 Å². The quantitative estimate of drug-likeness (QED) is 0.542. The second-order valence-electron chi connectivity index (χ2n) is 7.98. The molecule has 3 aromatic rings. The first-order valence-corrected chi connectivity index (χ1v) is 11.0. The molecule has 3 aromatic carbocycles. The molecule has 2 aliphatic heterocycles. The molecule has 2 amide bonds. The summed E-state index contributed by atoms with van der Waals surface area (Å²) in [4.78, 5) is 23.8. The van der Waals surface area contributed by atoms with Crippen LogP contribution in [0.5, 0.6) is 11.5 Å². The van der Waals surface area contributed by atoms with Gasteiger partial charge in [0.15, 0.2) is 0 Å². The van der Waals surface area contributed by atoms with E-state index < -0.39 is 0 Å². The number of rotatable bonds is 5. The van der Waals surface area contributed by atoms with Crippen LogP contribution in [0.4, 0.5) is 5.69 Å². The zero-order valence-electron chi connectivity index (χ0n) is 17.6. The molecule has 2 aliphatic rings. The van der Waals surface area contributed by atoms with E-state index in [1.165, 1.54) is 0 Å². The molecule has 166 valence electrons. The van der Waals surface area contributed by atoms with E-state index in [0.29, 0.717) is 35.1 Å². The van der Waals surface area contributed by atoms with Crippen molar-refractivity contribution >= 4 is 40.8 Å². The van der Waals surface area contributed by atoms with E-state index in [9.17, 15) is 9.59 Å². The first-order valence-electron chi connectivity index (χ1n) is 10.6. The highest BCUT2D eigenvalue weighted by molar-refractivity contribution is 6.35. The Morgan fingerprint density at radius 2 is 1.88 bits per heavy atom. The van der Waals surface area contributed by atoms with E-state index in [2.05, 4.69) is 10.6 Å². The van der Waals surface area contributed by atoms with Crippen molar-refractivity contribution in [2.24, 2.45) is 0 Å². The van der Waals surface area contributed by atoms with Crippen LogP contribution in [-0.4, -0.2) is 31.1 Å². The Bertz CT molecular complexity index is 1250. The van der Waals surface area contributed by atoms with E-state index in [0.717, 1.165) is 22.4 Å². The second-order valence-corrected chi connectivity index (χ2v) is 8.38. The molecule has 0 bridgehead atoms. The lowest BCUT2D eigenvalue weighted by Gasteiger charge is -2.23. The maximum Gasteiger partial charge on any atom is 0.256 e. The van der Waals surface area contributed by atoms with Gasteiger partial charge < -0.3 is 20.1 Å². The van der Waals surface area contributed by atoms with Gasteiger partial charge in [-0.25, -0.2) is 0 Å². The summed E-state index contributed by atoms with van der Waals surface area (Å²) < 4.78 is 11.2. The maximum atomic E-state index is 12.3. The fourth-order valence-corrected chi connectivity index (χ4v) is 4.19. The Balaban J connectivity index is 1.27. The Morgan fingerprint density at radius 3 is 2.67 bits per heavy atom. The molecule has 1 atom stereocenters. The Morgan fingerprint density at radius 1 is 1.06 bits per heavy atom. The van der Waals surface area contributed by atoms with Crippen LogP contribution in [0.2, 0.25) is 5.02 Å². The molecule has 6 nitrogen and oxygen atoms in total. The van der Waals surface area contributed by atoms with Crippen LogP contribution >= 0.6 is 11.6 Å². The number of halogens is 1. The lowest BCUT2D eigenvalue weighted by atomic mass is 10.0. The minimum absolute atomic E-state index is 0.0250. The van der Waals surface area contributed by atoms with Crippen LogP contribution < -0.4 is 15.4 Å². The van der Waals surface area contributed by atoms with Crippen molar-refractivity contribution in [2.75, 3.05) is 18.5 Å². The zero-order chi connectivity index (χ0) is 22.8. The van der Waals surface area contributed by atoms with Gasteiger partial charge in [0.1, 0.15) is 18.1 Å². The van der Waals surface area contributed by atoms with Gasteiger partial charge in [-0.05, 0) is 54.0 Å². The third-order valence-electron chi connectivity index (χ3n) is 5.53. The van der Waals surface area contributed by atoms with Crippen molar-refractivity contribution in [2.45, 2.75) is 12.5 Å². The molecule has 2 heterocycles. The lowest BCUT2D eigenvalue weighted by Crippen LogP contribution is -2.46. The number of benzene rings is 3. The number of para-hydroxylation sites is 1. The molecule has 1 saturated heterocycles. The third-order valence-corrected chi connectivity index (χ3v) is 5.82. The van der Waals surface area contributed by atoms with Crippen LogP contribution in [0.1, 0.15) is 16.7 Å². The van der Waals surface area contributed by atoms with Gasteiger partial charge in [-0.1, -0.05) is 48.0 Å². The van der Waals surface area contributed by atoms with Crippen LogP contribution in [0.25, 0.3) is 11.6 Å². The minimum atomic E-state index is -0.132. The average molecular weight is 461 g/mol. The highest BCUT2D eigenvalue weighted by Gasteiger charge is 2.23. The highest BCUT2D eigenvalue weighted by atomic mass is 35.5. The predicted octanol–water partition coefficient (Wildman–Crippen LogP) is 4.68. The van der Waals surface area contributed by atoms with Gasteiger partial charge in [-0.15, -0.1) is 0 Å². The van der Waals surface area contributed by atoms with Gasteiger partial charge in [-0.3, -0.25) is 9.59 Å². The Hall–Kier alpha value is -3.61. The second kappa shape index (κ2) is 9.10. The number of nitrogens with one attached hydrogen (secondary N) is 2. The summed E-state index contributed by atoms with van der Waals surface area (Å²) in [5.74, 6) is 0.959. The number of anilines is 1. The van der Waals surface area contributed by atoms with E-state index in [1.54, 1.807) is 12.1 Å². The van der Waals surface area contributed by atoms with Crippen molar-refractivity contribution in [3.63, 3.8) is 0 Å². The molecule has 7 heteroatoms. The van der Waals surface area contributed by atoms with Crippen LogP contribution in [-0.2, 0) is 20.7 Å². The number of hydrogen-bond acceptors (Lipinski definition) is 4. The number of morpholine rings is 1. The fraction of sp³-hybridized carbons (Fsp3) is 0.154. The van der Waals surface area contributed by atoms with Crippen molar-refractivity contribution in [1.29, 1.82) is 0 Å². The number of carbonyl (C=O) groups excluding carboxylic acids is 2. The molecular formula is C26H21ClN2O4. The van der Waals surface area contributed by atoms with Crippen LogP contribution in [0.15, 0.2) is 66.7 Å². The Kier molecular flexibility index (Phi) is 5.86. The molecule has 0 saturated carbocycles. The van der Waals surface area contributed by atoms with E-state index in [-0.39, 0.29) is 24.5 Å². The fourth-order valence-electron chi connectivity index (χ4n) is 3.96. The molecule has 5 rings (SSSR count). The standard InChI is InChI=1S/C26H21ClN2O4/c27-22-13-17(12-21-20-3-1-2-4-23(20)29-26(21)31)7-10-24(22)33-19-8-5-16(6-9-19)11-18-14-32-15-25(30)28-18/h1-10,12-13,18H,11,14-15H2,(H,28,30)(H,29,31)/b21-12+. The van der Waals surface area contributed by atoms with Crippen LogP contribution in [0.3, 0.4) is 0 Å². The van der Waals surface area contributed by atoms with Gasteiger partial charge in [0.2, 0.25) is 5.91 Å². The average Bonchev–Trinajstić information content (AvgIpc) is 3.12. The SMILES string of the molecule is O=C1COCC(Cc2ccc(Oc3ccc(/C=C4/C(=O)Nc5ccccc54)cc3Cl)cc2)N1. The molecule has 1 fully saturated rings. The van der Waals surface area contributed by atoms with Crippen molar-refractivity contribution in [1.82, 2.24) is 5.32 Å². The van der Waals surface area contributed by atoms with Gasteiger partial charge in [0.25, 0.3) is 5.91 Å². The first kappa shape index (κ1) is 21.2. The first-order chi connectivity index (χ1) is 16.0. The summed E-state index contributed by atoms with van der Waals surface area (Å²) in [6.45, 7) is 0.635. The number of hydrogen-bond donors (Lipinski definition) is 2. The van der Waals surface area contributed by atoms with Crippen molar-refractivity contribution in [3.05, 3.63) is 88.4 Å². The largest absolute Gasteiger partial charge is 0.456 e. The van der Waals surface area contributed by atoms with E-state index in [1.807, 2.05) is 60.7 Å². The molecule has 0 radical (unpaired) electrons. The summed E-state index contributed by atoms with van der Waals surface area (Å²) in [7, 11) is 0. The number of amides is 2. The van der Waals surface area contributed by atoms with Gasteiger partial charge in [0, 0.05) is 16.8 Å². The summed E-state index contributed by atoms with van der Waals surface area (Å²) in [5.41, 5.74) is 4.16. The number of fused-ring (bicyclic) bond motifs is 1. The minimum Gasteiger partial charge on any atom is -0.456 e. The molecule has 0 aromatic heterocycles. The smallest absolute Gasteiger partial charge is 0.256 e. The predicted molar refractivity (Wildman–Crippen MR) is 127 cm³/mol. The summed E-state index contributed by atoms with van der Waals surface area (Å²) in [5, 5.41) is 6.24. The monoisotopic (exact) mass is 460 g/mol. The zero-order valence-corrected chi connectivity index (χ0v) is 18.4. The number of carbonyl (C=O) groups is 2. The molecule has 0 aliphatic carbocycles. The Labute approximate surface area is 196 Å². The van der Waals surface area contributed by atoms with E-state index >= 15 is 0 Å². The molecule has 33 heavy (non-hydrogen) atoms. The highest BCUT2D eigenvalue weighted by Crippen LogP contribution is 2.35. The van der Waals surface area contributed by atoms with Gasteiger partial charge in [0.05, 0.1) is 17.7 Å². The van der Waals surface area contributed by atoms with Crippen LogP contribution in [0, 0.1) is 0 Å². The maximum absolute atomic E-state index is 12.3. The van der Waals surface area contributed by atoms with Gasteiger partial charge in [-0.2, -0.15) is 0 Å². The molecule has 0 spiro atoms. The third kappa shape index (κ3) is 4.77. The van der Waals surface area contributed by atoms with Crippen molar-refractivity contribution in [3.8, 4) is 11.5 Å². The topological polar surface area (TPSA) is 76.7 Å². The normalized spacial score (nSPS) is 18.6. The van der Waals surface area contributed by atoms with Gasteiger partial charge >= 0.3 is 0 Å².